The van der Waals surface area contributed by atoms with E-state index in [-0.39, 0.29) is 23.4 Å². The van der Waals surface area contributed by atoms with E-state index in [1.807, 2.05) is 54.6 Å². The van der Waals surface area contributed by atoms with Crippen molar-refractivity contribution in [2.45, 2.75) is 18.9 Å². The van der Waals surface area contributed by atoms with Crippen LogP contribution in [-0.2, 0) is 6.42 Å². The minimum atomic E-state index is -0.382. The number of nitrogens with one attached hydrogen (secondary N) is 2. The van der Waals surface area contributed by atoms with Crippen LogP contribution in [0.5, 0.6) is 5.75 Å². The Morgan fingerprint density at radius 3 is 2.75 bits per heavy atom. The van der Waals surface area contributed by atoms with Gasteiger partial charge in [-0.2, -0.15) is 5.26 Å². The summed E-state index contributed by atoms with van der Waals surface area (Å²) in [6.45, 7) is 2.05. The largest absolute Gasteiger partial charge is 0.508 e. The molecule has 180 valence electrons. The molecule has 3 N–H and O–H groups in total. The maximum absolute atomic E-state index is 13.4. The van der Waals surface area contributed by atoms with Gasteiger partial charge in [0.05, 0.1) is 18.2 Å². The van der Waals surface area contributed by atoms with E-state index in [4.69, 9.17) is 10.2 Å². The van der Waals surface area contributed by atoms with Gasteiger partial charge < -0.3 is 20.6 Å². The van der Waals surface area contributed by atoms with E-state index < -0.39 is 0 Å². The molecule has 8 nitrogen and oxygen atoms in total. The molecule has 3 aromatic carbocycles. The van der Waals surface area contributed by atoms with Gasteiger partial charge in [-0.25, -0.2) is 9.97 Å². The SMILES string of the molecule is N#CC[C@H]1CN(c2cc(C(=O)Nc3cc(O)cc4ccccc34)nc(Cc3ccccc3)n2)CCN1. The third-order valence-electron chi connectivity index (χ3n) is 6.21. The molecule has 0 spiro atoms. The van der Waals surface area contributed by atoms with Crippen LogP contribution in [0.15, 0.2) is 72.8 Å². The Bertz CT molecular complexity index is 1430. The van der Waals surface area contributed by atoms with Crippen molar-refractivity contribution in [2.24, 2.45) is 0 Å². The van der Waals surface area contributed by atoms with Gasteiger partial charge >= 0.3 is 0 Å². The van der Waals surface area contributed by atoms with E-state index in [1.165, 1.54) is 6.07 Å². The van der Waals surface area contributed by atoms with Crippen molar-refractivity contribution >= 4 is 28.2 Å². The Kier molecular flexibility index (Phi) is 6.74. The van der Waals surface area contributed by atoms with Crippen molar-refractivity contribution < 1.29 is 9.90 Å². The number of hydrogen-bond acceptors (Lipinski definition) is 7. The minimum Gasteiger partial charge on any atom is -0.508 e. The molecule has 5 rings (SSSR count). The number of piperazine rings is 1. The highest BCUT2D eigenvalue weighted by molar-refractivity contribution is 6.09. The molecule has 1 aromatic heterocycles. The van der Waals surface area contributed by atoms with Gasteiger partial charge in [-0.3, -0.25) is 4.79 Å². The highest BCUT2D eigenvalue weighted by Gasteiger charge is 2.23. The first-order valence-electron chi connectivity index (χ1n) is 11.9. The van der Waals surface area contributed by atoms with Crippen LogP contribution in [0.2, 0.25) is 0 Å². The first-order chi connectivity index (χ1) is 17.6. The monoisotopic (exact) mass is 478 g/mol. The van der Waals surface area contributed by atoms with Crippen LogP contribution in [0, 0.1) is 11.3 Å². The number of phenolic OH excluding ortho intramolecular Hbond substituents is 1. The smallest absolute Gasteiger partial charge is 0.274 e. The number of rotatable bonds is 6. The van der Waals surface area contributed by atoms with Crippen molar-refractivity contribution in [3.63, 3.8) is 0 Å². The van der Waals surface area contributed by atoms with Crippen molar-refractivity contribution in [1.82, 2.24) is 15.3 Å². The second-order valence-corrected chi connectivity index (χ2v) is 8.82. The number of anilines is 2. The fraction of sp³-hybridized carbons (Fsp3) is 0.214. The lowest BCUT2D eigenvalue weighted by Gasteiger charge is -2.33. The Labute approximate surface area is 209 Å². The second-order valence-electron chi connectivity index (χ2n) is 8.82. The van der Waals surface area contributed by atoms with Gasteiger partial charge in [0.25, 0.3) is 5.91 Å². The number of carbonyl (C=O) groups is 1. The van der Waals surface area contributed by atoms with Gasteiger partial charge in [0.2, 0.25) is 0 Å². The van der Waals surface area contributed by atoms with Gasteiger partial charge in [0.1, 0.15) is 23.1 Å². The zero-order chi connectivity index (χ0) is 24.9. The molecular formula is C28H26N6O2. The molecule has 0 radical (unpaired) electrons. The number of aromatic hydroxyl groups is 1. The number of phenols is 1. The zero-order valence-corrected chi connectivity index (χ0v) is 19.7. The number of aromatic nitrogens is 2. The summed E-state index contributed by atoms with van der Waals surface area (Å²) in [6.07, 6.45) is 0.883. The van der Waals surface area contributed by atoms with Crippen LogP contribution < -0.4 is 15.5 Å². The van der Waals surface area contributed by atoms with Crippen LogP contribution in [0.4, 0.5) is 11.5 Å². The highest BCUT2D eigenvalue weighted by Crippen LogP contribution is 2.29. The molecule has 0 aliphatic carbocycles. The van der Waals surface area contributed by atoms with Gasteiger partial charge in [0.15, 0.2) is 0 Å². The summed E-state index contributed by atoms with van der Waals surface area (Å²) in [5.41, 5.74) is 1.80. The predicted octanol–water partition coefficient (Wildman–Crippen LogP) is 3.87. The third-order valence-corrected chi connectivity index (χ3v) is 6.21. The van der Waals surface area contributed by atoms with Crippen molar-refractivity contribution in [2.75, 3.05) is 29.9 Å². The summed E-state index contributed by atoms with van der Waals surface area (Å²) in [6, 6.07) is 24.6. The Morgan fingerprint density at radius 2 is 1.92 bits per heavy atom. The number of nitrogens with zero attached hydrogens (tertiary/aromatic N) is 4. The van der Waals surface area contributed by atoms with E-state index in [1.54, 1.807) is 12.1 Å². The van der Waals surface area contributed by atoms with E-state index in [9.17, 15) is 9.90 Å². The Balaban J connectivity index is 1.49. The summed E-state index contributed by atoms with van der Waals surface area (Å²) in [7, 11) is 0. The number of carbonyl (C=O) groups excluding carboxylic acids is 1. The number of hydrogen-bond donors (Lipinski definition) is 3. The number of benzene rings is 3. The van der Waals surface area contributed by atoms with Crippen molar-refractivity contribution in [3.05, 3.63) is 89.9 Å². The average molecular weight is 479 g/mol. The maximum Gasteiger partial charge on any atom is 0.274 e. The van der Waals surface area contributed by atoms with Crippen LogP contribution in [0.1, 0.15) is 28.3 Å². The lowest BCUT2D eigenvalue weighted by Crippen LogP contribution is -2.51. The molecule has 2 heterocycles. The van der Waals surface area contributed by atoms with Gasteiger partial charge in [-0.15, -0.1) is 0 Å². The van der Waals surface area contributed by atoms with Crippen LogP contribution in [0.25, 0.3) is 10.8 Å². The van der Waals surface area contributed by atoms with Gasteiger partial charge in [-0.1, -0.05) is 54.6 Å². The van der Waals surface area contributed by atoms with E-state index in [0.29, 0.717) is 43.3 Å². The van der Waals surface area contributed by atoms with E-state index in [0.717, 1.165) is 22.9 Å². The molecule has 1 aliphatic rings. The first-order valence-corrected chi connectivity index (χ1v) is 11.9. The predicted molar refractivity (Wildman–Crippen MR) is 139 cm³/mol. The Morgan fingerprint density at radius 1 is 1.11 bits per heavy atom. The second kappa shape index (κ2) is 10.4. The third kappa shape index (κ3) is 5.27. The average Bonchev–Trinajstić information content (AvgIpc) is 2.89. The van der Waals surface area contributed by atoms with Crippen molar-refractivity contribution in [3.8, 4) is 11.8 Å². The molecule has 1 aliphatic heterocycles. The molecule has 36 heavy (non-hydrogen) atoms. The zero-order valence-electron chi connectivity index (χ0n) is 19.7. The fourth-order valence-corrected chi connectivity index (χ4v) is 4.48. The molecule has 1 atom stereocenters. The van der Waals surface area contributed by atoms with E-state index in [2.05, 4.69) is 26.6 Å². The standard InChI is InChI=1S/C28H26N6O2/c29-11-10-21-18-34(13-12-30-21)27-17-25(31-26(33-27)14-19-6-2-1-3-7-19)28(36)32-24-16-22(35)15-20-8-4-5-9-23(20)24/h1-9,15-17,21,30,35H,10,12-14,18H2,(H,32,36)/t21-/m0/s1. The lowest BCUT2D eigenvalue weighted by atomic mass is 10.1. The van der Waals surface area contributed by atoms with Gasteiger partial charge in [-0.05, 0) is 17.0 Å². The quantitative estimate of drug-likeness (QED) is 0.385. The normalized spacial score (nSPS) is 15.4. The summed E-state index contributed by atoms with van der Waals surface area (Å²) < 4.78 is 0. The molecule has 0 saturated carbocycles. The molecule has 1 amide bonds. The highest BCUT2D eigenvalue weighted by atomic mass is 16.3. The summed E-state index contributed by atoms with van der Waals surface area (Å²) >= 11 is 0. The summed E-state index contributed by atoms with van der Waals surface area (Å²) in [4.78, 5) is 24.9. The molecule has 8 heteroatoms. The molecule has 1 fully saturated rings. The van der Waals surface area contributed by atoms with Gasteiger partial charge in [0, 0.05) is 49.6 Å². The topological polar surface area (TPSA) is 114 Å². The number of amides is 1. The fourth-order valence-electron chi connectivity index (χ4n) is 4.48. The first kappa shape index (κ1) is 23.3. The number of nitriles is 1. The number of fused-ring (bicyclic) bond motifs is 1. The van der Waals surface area contributed by atoms with Crippen molar-refractivity contribution in [1.29, 1.82) is 5.26 Å². The summed E-state index contributed by atoms with van der Waals surface area (Å²) in [5.74, 6) is 0.889. The minimum absolute atomic E-state index is 0.0345. The molecular weight excluding hydrogens is 452 g/mol. The van der Waals surface area contributed by atoms with Crippen LogP contribution in [0.3, 0.4) is 0 Å². The molecule has 0 bridgehead atoms. The lowest BCUT2D eigenvalue weighted by molar-refractivity contribution is 0.102. The Hall–Kier alpha value is -4.48. The van der Waals surface area contributed by atoms with Crippen LogP contribution >= 0.6 is 0 Å². The maximum atomic E-state index is 13.4. The van der Waals surface area contributed by atoms with Crippen LogP contribution in [-0.4, -0.2) is 46.7 Å². The molecule has 4 aromatic rings. The van der Waals surface area contributed by atoms with E-state index >= 15 is 0 Å². The molecule has 0 unspecified atom stereocenters. The molecule has 1 saturated heterocycles. The summed E-state index contributed by atoms with van der Waals surface area (Å²) in [5, 5.41) is 27.2.